The smallest absolute Gasteiger partial charge is 0.200 e. The second kappa shape index (κ2) is 7.27. The summed E-state index contributed by atoms with van der Waals surface area (Å²) >= 11 is 0. The summed E-state index contributed by atoms with van der Waals surface area (Å²) < 4.78 is 2.27. The van der Waals surface area contributed by atoms with E-state index >= 15 is 0 Å². The van der Waals surface area contributed by atoms with Crippen molar-refractivity contribution in [3.63, 3.8) is 0 Å². The van der Waals surface area contributed by atoms with Gasteiger partial charge in [0.05, 0.1) is 19.0 Å². The molecule has 0 spiro atoms. The minimum atomic E-state index is -1.34. The number of fused-ring (bicyclic) bond motifs is 1. The third kappa shape index (κ3) is 3.65. The minimum absolute atomic E-state index is 1.26. The molecular weight excluding hydrogens is 366 g/mol. The van der Waals surface area contributed by atoms with Crippen LogP contribution >= 0.6 is 0 Å². The molecule has 0 fully saturated rings. The maximum absolute atomic E-state index is 2.41. The van der Waals surface area contributed by atoms with Crippen LogP contribution in [0.3, 0.4) is 0 Å². The Balaban J connectivity index is 1.99. The van der Waals surface area contributed by atoms with Crippen molar-refractivity contribution in [3.8, 4) is 22.4 Å². The van der Waals surface area contributed by atoms with Crippen LogP contribution in [0.2, 0.25) is 19.6 Å². The van der Waals surface area contributed by atoms with Gasteiger partial charge in [-0.3, -0.25) is 0 Å². The SMILES string of the molecule is Cc1cc(-c2ccccc2)cc(-c2c3ccc([Si](C)(C)C)cc3cc[n+]2C)c1C. The molecule has 0 aliphatic carbocycles. The van der Waals surface area contributed by atoms with Gasteiger partial charge in [0, 0.05) is 6.07 Å². The normalized spacial score (nSPS) is 11.8. The van der Waals surface area contributed by atoms with Crippen LogP contribution in [0.1, 0.15) is 11.1 Å². The van der Waals surface area contributed by atoms with Gasteiger partial charge in [0.15, 0.2) is 6.20 Å². The molecule has 1 aromatic heterocycles. The summed E-state index contributed by atoms with van der Waals surface area (Å²) in [5.74, 6) is 0. The summed E-state index contributed by atoms with van der Waals surface area (Å²) in [5.41, 5.74) is 7.83. The summed E-state index contributed by atoms with van der Waals surface area (Å²) in [6.45, 7) is 11.7. The first-order chi connectivity index (χ1) is 13.8. The van der Waals surface area contributed by atoms with E-state index in [-0.39, 0.29) is 0 Å². The summed E-state index contributed by atoms with van der Waals surface area (Å²) in [6, 6.07) is 24.7. The standard InChI is InChI=1S/C27H30NSi/c1-19-16-23(21-10-8-7-9-11-21)18-26(20(19)2)27-25-13-12-24(29(4,5)6)17-22(25)14-15-28(27)3/h7-18H,1-6H3/q+1. The van der Waals surface area contributed by atoms with E-state index in [1.54, 1.807) is 0 Å². The molecule has 146 valence electrons. The predicted octanol–water partition coefficient (Wildman–Crippen LogP) is 6.16. The van der Waals surface area contributed by atoms with E-state index in [4.69, 9.17) is 0 Å². The van der Waals surface area contributed by atoms with Crippen molar-refractivity contribution in [2.45, 2.75) is 33.5 Å². The lowest BCUT2D eigenvalue weighted by atomic mass is 9.92. The molecule has 4 aromatic rings. The zero-order chi connectivity index (χ0) is 20.8. The van der Waals surface area contributed by atoms with E-state index in [2.05, 4.69) is 118 Å². The fourth-order valence-corrected chi connectivity index (χ4v) is 5.25. The average Bonchev–Trinajstić information content (AvgIpc) is 2.70. The molecule has 0 atom stereocenters. The quantitative estimate of drug-likeness (QED) is 0.288. The maximum atomic E-state index is 2.41. The van der Waals surface area contributed by atoms with E-state index in [0.717, 1.165) is 0 Å². The van der Waals surface area contributed by atoms with Gasteiger partial charge in [-0.2, -0.15) is 0 Å². The topological polar surface area (TPSA) is 3.88 Å². The molecule has 0 saturated carbocycles. The molecule has 3 aromatic carbocycles. The molecule has 1 heterocycles. The number of nitrogens with zero attached hydrogens (tertiary/aromatic N) is 1. The molecule has 0 saturated heterocycles. The largest absolute Gasteiger partial charge is 0.220 e. The van der Waals surface area contributed by atoms with Crippen molar-refractivity contribution >= 4 is 24.0 Å². The molecule has 29 heavy (non-hydrogen) atoms. The first kappa shape index (κ1) is 19.6. The Hall–Kier alpha value is -2.71. The van der Waals surface area contributed by atoms with Gasteiger partial charge in [-0.15, -0.1) is 0 Å². The van der Waals surface area contributed by atoms with E-state index < -0.39 is 8.07 Å². The fourth-order valence-electron chi connectivity index (χ4n) is 4.08. The molecule has 0 radical (unpaired) electrons. The van der Waals surface area contributed by atoms with Gasteiger partial charge in [0.25, 0.3) is 0 Å². The van der Waals surface area contributed by atoms with E-state index in [0.29, 0.717) is 0 Å². The van der Waals surface area contributed by atoms with E-state index in [1.807, 2.05) is 0 Å². The molecule has 4 rings (SSSR count). The first-order valence-corrected chi connectivity index (χ1v) is 13.9. The Bertz CT molecular complexity index is 1200. The molecule has 0 unspecified atom stereocenters. The third-order valence-corrected chi connectivity index (χ3v) is 8.08. The molecule has 0 aliphatic rings. The molecule has 1 nitrogen and oxygen atoms in total. The first-order valence-electron chi connectivity index (χ1n) is 10.4. The number of hydrogen-bond donors (Lipinski definition) is 0. The highest BCUT2D eigenvalue weighted by molar-refractivity contribution is 6.88. The Kier molecular flexibility index (Phi) is 4.91. The minimum Gasteiger partial charge on any atom is -0.200 e. The molecule has 0 N–H and O–H groups in total. The summed E-state index contributed by atoms with van der Waals surface area (Å²) in [6.07, 6.45) is 2.20. The number of hydrogen-bond acceptors (Lipinski definition) is 0. The van der Waals surface area contributed by atoms with Gasteiger partial charge >= 0.3 is 0 Å². The van der Waals surface area contributed by atoms with Crippen LogP contribution in [0.25, 0.3) is 33.2 Å². The van der Waals surface area contributed by atoms with Crippen LogP contribution in [-0.2, 0) is 7.05 Å². The predicted molar refractivity (Wildman–Crippen MR) is 128 cm³/mol. The fraction of sp³-hybridized carbons (Fsp3) is 0.222. The molecule has 0 bridgehead atoms. The van der Waals surface area contributed by atoms with Crippen LogP contribution < -0.4 is 9.75 Å². The number of aromatic nitrogens is 1. The lowest BCUT2D eigenvalue weighted by Crippen LogP contribution is -2.37. The van der Waals surface area contributed by atoms with Crippen molar-refractivity contribution in [2.75, 3.05) is 0 Å². The van der Waals surface area contributed by atoms with Crippen LogP contribution in [0.5, 0.6) is 0 Å². The zero-order valence-corrected chi connectivity index (χ0v) is 19.4. The van der Waals surface area contributed by atoms with Gasteiger partial charge in [0.1, 0.15) is 7.05 Å². The lowest BCUT2D eigenvalue weighted by Gasteiger charge is -2.18. The highest BCUT2D eigenvalue weighted by atomic mass is 28.3. The van der Waals surface area contributed by atoms with Crippen molar-refractivity contribution in [2.24, 2.45) is 7.05 Å². The van der Waals surface area contributed by atoms with Crippen molar-refractivity contribution in [1.82, 2.24) is 0 Å². The number of pyridine rings is 1. The summed E-state index contributed by atoms with van der Waals surface area (Å²) in [4.78, 5) is 0. The van der Waals surface area contributed by atoms with Crippen molar-refractivity contribution in [3.05, 3.63) is 84.1 Å². The summed E-state index contributed by atoms with van der Waals surface area (Å²) in [5, 5.41) is 4.17. The molecule has 0 aliphatic heterocycles. The van der Waals surface area contributed by atoms with Gasteiger partial charge in [-0.25, -0.2) is 4.57 Å². The van der Waals surface area contributed by atoms with E-state index in [1.165, 1.54) is 49.5 Å². The number of aryl methyl sites for hydroxylation is 2. The molecule has 2 heteroatoms. The van der Waals surface area contributed by atoms with Gasteiger partial charge in [0.2, 0.25) is 5.69 Å². The van der Waals surface area contributed by atoms with Gasteiger partial charge < -0.3 is 0 Å². The van der Waals surface area contributed by atoms with Crippen LogP contribution in [0.4, 0.5) is 0 Å². The van der Waals surface area contributed by atoms with Crippen molar-refractivity contribution < 1.29 is 4.57 Å². The molecular formula is C27H30NSi+. The van der Waals surface area contributed by atoms with Gasteiger partial charge in [-0.1, -0.05) is 73.4 Å². The monoisotopic (exact) mass is 396 g/mol. The van der Waals surface area contributed by atoms with E-state index in [9.17, 15) is 0 Å². The highest BCUT2D eigenvalue weighted by Gasteiger charge is 2.22. The third-order valence-electron chi connectivity index (χ3n) is 6.03. The lowest BCUT2D eigenvalue weighted by molar-refractivity contribution is -0.659. The Labute approximate surface area is 175 Å². The van der Waals surface area contributed by atoms with Crippen LogP contribution in [0.15, 0.2) is 72.9 Å². The number of benzene rings is 3. The highest BCUT2D eigenvalue weighted by Crippen LogP contribution is 2.33. The molecule has 0 amide bonds. The second-order valence-electron chi connectivity index (χ2n) is 9.16. The average molecular weight is 397 g/mol. The zero-order valence-electron chi connectivity index (χ0n) is 18.4. The van der Waals surface area contributed by atoms with Crippen LogP contribution in [-0.4, -0.2) is 8.07 Å². The maximum Gasteiger partial charge on any atom is 0.220 e. The van der Waals surface area contributed by atoms with Crippen molar-refractivity contribution in [1.29, 1.82) is 0 Å². The Morgan fingerprint density at radius 2 is 1.48 bits per heavy atom. The van der Waals surface area contributed by atoms with Gasteiger partial charge in [-0.05, 0) is 53.6 Å². The second-order valence-corrected chi connectivity index (χ2v) is 14.2. The van der Waals surface area contributed by atoms with Crippen LogP contribution in [0, 0.1) is 13.8 Å². The Morgan fingerprint density at radius 1 is 0.759 bits per heavy atom. The number of rotatable bonds is 3. The Morgan fingerprint density at radius 3 is 2.17 bits per heavy atom. The summed E-state index contributed by atoms with van der Waals surface area (Å²) in [7, 11) is 0.817.